The Hall–Kier alpha value is -3.00. The van der Waals surface area contributed by atoms with Gasteiger partial charge in [-0.3, -0.25) is 0 Å². The van der Waals surface area contributed by atoms with Crippen LogP contribution in [0.1, 0.15) is 26.2 Å². The molecule has 29 heavy (non-hydrogen) atoms. The van der Waals surface area contributed by atoms with Crippen LogP contribution in [0.2, 0.25) is 0 Å². The normalized spacial score (nSPS) is 10.7. The van der Waals surface area contributed by atoms with E-state index in [4.69, 9.17) is 10.5 Å². The molecule has 2 amide bonds. The molecule has 0 atom stereocenters. The van der Waals surface area contributed by atoms with Crippen molar-refractivity contribution in [2.24, 2.45) is 5.73 Å². The van der Waals surface area contributed by atoms with Crippen LogP contribution in [0.15, 0.2) is 47.8 Å². The molecule has 0 fully saturated rings. The van der Waals surface area contributed by atoms with Crippen LogP contribution in [0.25, 0.3) is 11.3 Å². The predicted octanol–water partition coefficient (Wildman–Crippen LogP) is 5.87. The molecule has 0 unspecified atom stereocenters. The highest BCUT2D eigenvalue weighted by molar-refractivity contribution is 7.14. The van der Waals surface area contributed by atoms with Gasteiger partial charge in [-0.15, -0.1) is 11.3 Å². The van der Waals surface area contributed by atoms with Crippen molar-refractivity contribution in [3.63, 3.8) is 0 Å². The van der Waals surface area contributed by atoms with Gasteiger partial charge in [-0.1, -0.05) is 19.8 Å². The summed E-state index contributed by atoms with van der Waals surface area (Å²) in [5.74, 6) is -0.809. The Morgan fingerprint density at radius 1 is 1.17 bits per heavy atom. The highest BCUT2D eigenvalue weighted by Gasteiger charge is 2.21. The van der Waals surface area contributed by atoms with Gasteiger partial charge in [-0.25, -0.2) is 23.5 Å². The molecule has 2 N–H and O–H groups in total. The molecule has 152 valence electrons. The lowest BCUT2D eigenvalue weighted by Gasteiger charge is -2.18. The fourth-order valence-corrected chi connectivity index (χ4v) is 3.59. The van der Waals surface area contributed by atoms with E-state index in [0.29, 0.717) is 17.9 Å². The second-order valence-corrected chi connectivity index (χ2v) is 7.20. The molecule has 2 aromatic carbocycles. The smallest absolute Gasteiger partial charge is 0.325 e. The number of amides is 2. The van der Waals surface area contributed by atoms with E-state index < -0.39 is 11.8 Å². The fraction of sp³-hybridized carbons (Fsp3) is 0.238. The van der Waals surface area contributed by atoms with Gasteiger partial charge in [0.05, 0.1) is 18.0 Å². The topological polar surface area (TPSA) is 68.5 Å². The number of carbonyl (C=O) groups excluding carboxylic acids is 1. The predicted molar refractivity (Wildman–Crippen MR) is 111 cm³/mol. The molecule has 0 saturated heterocycles. The van der Waals surface area contributed by atoms with E-state index in [0.717, 1.165) is 24.2 Å². The number of rotatable bonds is 8. The van der Waals surface area contributed by atoms with Crippen molar-refractivity contribution in [2.45, 2.75) is 26.2 Å². The van der Waals surface area contributed by atoms with Gasteiger partial charge in [-0.05, 0) is 42.8 Å². The van der Waals surface area contributed by atoms with Crippen LogP contribution in [0.3, 0.4) is 0 Å². The van der Waals surface area contributed by atoms with Gasteiger partial charge < -0.3 is 10.5 Å². The van der Waals surface area contributed by atoms with Crippen LogP contribution < -0.4 is 15.4 Å². The van der Waals surface area contributed by atoms with Crippen LogP contribution in [0.4, 0.5) is 24.4 Å². The number of benzene rings is 2. The number of hydrogen-bond acceptors (Lipinski definition) is 4. The van der Waals surface area contributed by atoms with E-state index in [1.54, 1.807) is 23.6 Å². The molecule has 0 radical (unpaired) electrons. The second kappa shape index (κ2) is 9.47. The highest BCUT2D eigenvalue weighted by atomic mass is 32.1. The second-order valence-electron chi connectivity index (χ2n) is 6.37. The zero-order valence-corrected chi connectivity index (χ0v) is 16.7. The zero-order chi connectivity index (χ0) is 20.8. The van der Waals surface area contributed by atoms with Gasteiger partial charge in [-0.2, -0.15) is 0 Å². The summed E-state index contributed by atoms with van der Waals surface area (Å²) < 4.78 is 33.0. The molecule has 0 saturated carbocycles. The Balaban J connectivity index is 1.82. The molecule has 0 spiro atoms. The maximum absolute atomic E-state index is 14.5. The van der Waals surface area contributed by atoms with Crippen LogP contribution in [0, 0.1) is 11.6 Å². The molecular formula is C21H21F2N3O2S. The summed E-state index contributed by atoms with van der Waals surface area (Å²) in [5.41, 5.74) is 7.02. The van der Waals surface area contributed by atoms with Crippen molar-refractivity contribution in [3.8, 4) is 17.0 Å². The quantitative estimate of drug-likeness (QED) is 0.466. The van der Waals surface area contributed by atoms with Gasteiger partial charge in [0.1, 0.15) is 5.82 Å². The van der Waals surface area contributed by atoms with E-state index >= 15 is 0 Å². The Bertz CT molecular complexity index is 976. The molecule has 0 aliphatic heterocycles. The first kappa shape index (κ1) is 20.7. The van der Waals surface area contributed by atoms with E-state index in [9.17, 15) is 13.6 Å². The fourth-order valence-electron chi connectivity index (χ4n) is 2.73. The van der Waals surface area contributed by atoms with Crippen molar-refractivity contribution in [2.75, 3.05) is 11.5 Å². The first-order valence-corrected chi connectivity index (χ1v) is 10.1. The minimum absolute atomic E-state index is 0.125. The van der Waals surface area contributed by atoms with Crippen LogP contribution in [-0.4, -0.2) is 17.6 Å². The lowest BCUT2D eigenvalue weighted by molar-refractivity contribution is 0.256. The molecule has 0 bridgehead atoms. The number of nitrogens with zero attached hydrogens (tertiary/aromatic N) is 2. The number of carbonyl (C=O) groups is 1. The lowest BCUT2D eigenvalue weighted by Crippen LogP contribution is -2.31. The molecule has 8 heteroatoms. The zero-order valence-electron chi connectivity index (χ0n) is 15.9. The summed E-state index contributed by atoms with van der Waals surface area (Å²) in [7, 11) is 0. The van der Waals surface area contributed by atoms with Gasteiger partial charge in [0.15, 0.2) is 16.7 Å². The summed E-state index contributed by atoms with van der Waals surface area (Å²) in [6.45, 7) is 2.51. The van der Waals surface area contributed by atoms with E-state index in [1.165, 1.54) is 35.6 Å². The number of halogens is 2. The summed E-state index contributed by atoms with van der Waals surface area (Å²) in [4.78, 5) is 17.6. The third-order valence-corrected chi connectivity index (χ3v) is 5.05. The summed E-state index contributed by atoms with van der Waals surface area (Å²) in [5, 5.41) is 2.01. The van der Waals surface area contributed by atoms with Crippen LogP contribution in [0.5, 0.6) is 5.75 Å². The average Bonchev–Trinajstić information content (AvgIpc) is 3.16. The number of primary amides is 1. The Morgan fingerprint density at radius 3 is 2.59 bits per heavy atom. The minimum Gasteiger partial charge on any atom is -0.491 e. The molecule has 1 heterocycles. The molecule has 3 aromatic rings. The van der Waals surface area contributed by atoms with Crippen molar-refractivity contribution >= 4 is 28.2 Å². The molecule has 3 rings (SSSR count). The van der Waals surface area contributed by atoms with E-state index in [-0.39, 0.29) is 22.4 Å². The Morgan fingerprint density at radius 2 is 1.93 bits per heavy atom. The number of urea groups is 1. The highest BCUT2D eigenvalue weighted by Crippen LogP contribution is 2.34. The monoisotopic (exact) mass is 417 g/mol. The van der Waals surface area contributed by atoms with Gasteiger partial charge >= 0.3 is 6.03 Å². The number of nitrogens with two attached hydrogens (primary N) is 1. The maximum Gasteiger partial charge on any atom is 0.325 e. The number of thiazole rings is 1. The SMILES string of the molecule is CCCCCOc1ccc(N(C(N)=O)c2nc(-c3ccc(F)cc3)cs2)cc1F. The van der Waals surface area contributed by atoms with Crippen molar-refractivity contribution in [1.29, 1.82) is 0 Å². The third kappa shape index (κ3) is 5.08. The number of anilines is 2. The van der Waals surface area contributed by atoms with Gasteiger partial charge in [0.2, 0.25) is 0 Å². The summed E-state index contributed by atoms with van der Waals surface area (Å²) in [6, 6.07) is 9.27. The molecule has 0 aliphatic rings. The minimum atomic E-state index is -0.791. The van der Waals surface area contributed by atoms with Crippen molar-refractivity contribution in [3.05, 3.63) is 59.5 Å². The first-order valence-electron chi connectivity index (χ1n) is 9.23. The largest absolute Gasteiger partial charge is 0.491 e. The molecule has 1 aromatic heterocycles. The standard InChI is InChI=1S/C21H21F2N3O2S/c1-2-3-4-11-28-19-10-9-16(12-17(19)23)26(20(24)27)21-25-18(13-29-21)14-5-7-15(22)8-6-14/h5-10,12-13H,2-4,11H2,1H3,(H2,24,27). The third-order valence-electron chi connectivity index (χ3n) is 4.22. The number of ether oxygens (including phenoxy) is 1. The molecule has 5 nitrogen and oxygen atoms in total. The number of unbranched alkanes of at least 4 members (excludes halogenated alkanes) is 2. The average molecular weight is 417 g/mol. The van der Waals surface area contributed by atoms with E-state index in [2.05, 4.69) is 11.9 Å². The lowest BCUT2D eigenvalue weighted by atomic mass is 10.2. The Kier molecular flexibility index (Phi) is 6.77. The first-order chi connectivity index (χ1) is 14.0. The number of aromatic nitrogens is 1. The number of hydrogen-bond donors (Lipinski definition) is 1. The molecule has 0 aliphatic carbocycles. The van der Waals surface area contributed by atoms with Crippen LogP contribution in [-0.2, 0) is 0 Å². The van der Waals surface area contributed by atoms with Crippen LogP contribution >= 0.6 is 11.3 Å². The van der Waals surface area contributed by atoms with Crippen molar-refractivity contribution < 1.29 is 18.3 Å². The van der Waals surface area contributed by atoms with Gasteiger partial charge in [0, 0.05) is 17.0 Å². The van der Waals surface area contributed by atoms with Crippen molar-refractivity contribution in [1.82, 2.24) is 4.98 Å². The molecular weight excluding hydrogens is 396 g/mol. The van der Waals surface area contributed by atoms with Gasteiger partial charge in [0.25, 0.3) is 0 Å². The summed E-state index contributed by atoms with van der Waals surface area (Å²) >= 11 is 1.18. The Labute approximate surface area is 171 Å². The summed E-state index contributed by atoms with van der Waals surface area (Å²) in [6.07, 6.45) is 2.90. The van der Waals surface area contributed by atoms with E-state index in [1.807, 2.05) is 0 Å². The maximum atomic E-state index is 14.5.